The maximum atomic E-state index is 13.0. The van der Waals surface area contributed by atoms with Crippen molar-refractivity contribution in [1.82, 2.24) is 14.5 Å². The zero-order chi connectivity index (χ0) is 18.0. The number of benzene rings is 1. The van der Waals surface area contributed by atoms with E-state index in [1.54, 1.807) is 6.08 Å². The number of ether oxygens (including phenoxy) is 1. The average molecular weight is 339 g/mol. The van der Waals surface area contributed by atoms with Crippen LogP contribution in [0.15, 0.2) is 36.9 Å². The van der Waals surface area contributed by atoms with E-state index in [2.05, 4.69) is 32.0 Å². The van der Waals surface area contributed by atoms with Gasteiger partial charge >= 0.3 is 0 Å². The number of aromatic nitrogens is 2. The molecule has 0 unspecified atom stereocenters. The molecule has 1 amide bonds. The van der Waals surface area contributed by atoms with Gasteiger partial charge < -0.3 is 14.2 Å². The van der Waals surface area contributed by atoms with E-state index < -0.39 is 0 Å². The Morgan fingerprint density at radius 3 is 2.88 bits per heavy atom. The van der Waals surface area contributed by atoms with Crippen LogP contribution in [0.2, 0.25) is 0 Å². The summed E-state index contributed by atoms with van der Waals surface area (Å²) in [6, 6.07) is 7.37. The van der Waals surface area contributed by atoms with Crippen LogP contribution >= 0.6 is 0 Å². The molecule has 1 aliphatic rings. The lowest BCUT2D eigenvalue weighted by molar-refractivity contribution is 0.0727. The van der Waals surface area contributed by atoms with Crippen LogP contribution in [0.3, 0.4) is 0 Å². The molecule has 0 fully saturated rings. The molecule has 0 spiro atoms. The second-order valence-electron chi connectivity index (χ2n) is 6.65. The number of hydrogen-bond donors (Lipinski definition) is 0. The van der Waals surface area contributed by atoms with E-state index in [0.29, 0.717) is 36.9 Å². The summed E-state index contributed by atoms with van der Waals surface area (Å²) < 4.78 is 7.82. The lowest BCUT2D eigenvalue weighted by Crippen LogP contribution is -2.36. The van der Waals surface area contributed by atoms with Crippen LogP contribution < -0.4 is 4.74 Å². The second-order valence-corrected chi connectivity index (χ2v) is 6.65. The Hall–Kier alpha value is -2.56. The van der Waals surface area contributed by atoms with Gasteiger partial charge in [-0.2, -0.15) is 0 Å². The third-order valence-electron chi connectivity index (χ3n) is 4.57. The van der Waals surface area contributed by atoms with Crippen LogP contribution in [0.1, 0.15) is 47.3 Å². The molecule has 1 aliphatic heterocycles. The number of hydrogen-bond acceptors (Lipinski definition) is 3. The van der Waals surface area contributed by atoms with Gasteiger partial charge in [-0.1, -0.05) is 38.6 Å². The molecule has 1 aromatic carbocycles. The van der Waals surface area contributed by atoms with Crippen molar-refractivity contribution >= 4 is 5.91 Å². The monoisotopic (exact) mass is 339 g/mol. The molecular formula is C20H25N3O2. The predicted molar refractivity (Wildman–Crippen MR) is 97.9 cm³/mol. The molecule has 3 rings (SSSR count). The van der Waals surface area contributed by atoms with Gasteiger partial charge in [-0.15, -0.1) is 0 Å². The molecular weight excluding hydrogens is 314 g/mol. The molecule has 132 valence electrons. The fraction of sp³-hybridized carbons (Fsp3) is 0.400. The van der Waals surface area contributed by atoms with E-state index in [-0.39, 0.29) is 5.91 Å². The number of fused-ring (bicyclic) bond motifs is 1. The third-order valence-corrected chi connectivity index (χ3v) is 4.57. The largest absolute Gasteiger partial charge is 0.489 e. The molecule has 0 atom stereocenters. The summed E-state index contributed by atoms with van der Waals surface area (Å²) in [5.74, 6) is 2.03. The summed E-state index contributed by atoms with van der Waals surface area (Å²) in [5.41, 5.74) is 2.84. The number of para-hydroxylation sites is 1. The standard InChI is InChI=1S/C20H25N3O2/c1-5-12-25-18-9-7-6-8-15(18)20(24)23-11-10-17-16(13-23)21-19(14(2)3)22(17)4/h5-9,14H,1,10-13H2,2-4H3. The fourth-order valence-corrected chi connectivity index (χ4v) is 3.33. The molecule has 0 radical (unpaired) electrons. The number of carbonyl (C=O) groups is 1. The Morgan fingerprint density at radius 1 is 1.40 bits per heavy atom. The lowest BCUT2D eigenvalue weighted by Gasteiger charge is -2.27. The van der Waals surface area contributed by atoms with Crippen LogP contribution in [-0.4, -0.2) is 33.5 Å². The molecule has 1 aromatic heterocycles. The Labute approximate surface area is 148 Å². The van der Waals surface area contributed by atoms with Gasteiger partial charge in [0.15, 0.2) is 0 Å². The summed E-state index contributed by atoms with van der Waals surface area (Å²) in [7, 11) is 2.07. The van der Waals surface area contributed by atoms with Crippen LogP contribution in [0.25, 0.3) is 0 Å². The first kappa shape index (κ1) is 17.3. The summed E-state index contributed by atoms with van der Waals surface area (Å²) in [4.78, 5) is 19.6. The third kappa shape index (κ3) is 3.31. The molecule has 0 saturated heterocycles. The molecule has 5 heteroatoms. The average Bonchev–Trinajstić information content (AvgIpc) is 2.96. The first-order valence-corrected chi connectivity index (χ1v) is 8.69. The van der Waals surface area contributed by atoms with Crippen molar-refractivity contribution in [3.8, 4) is 5.75 Å². The fourth-order valence-electron chi connectivity index (χ4n) is 3.33. The zero-order valence-electron chi connectivity index (χ0n) is 15.2. The summed E-state index contributed by atoms with van der Waals surface area (Å²) in [6.45, 7) is 9.57. The minimum Gasteiger partial charge on any atom is -0.489 e. The van der Waals surface area contributed by atoms with Crippen LogP contribution in [0, 0.1) is 0 Å². The number of rotatable bonds is 5. The molecule has 0 N–H and O–H groups in total. The van der Waals surface area contributed by atoms with E-state index in [0.717, 1.165) is 17.9 Å². The normalized spacial score (nSPS) is 13.7. The Morgan fingerprint density at radius 2 is 2.16 bits per heavy atom. The minimum atomic E-state index is -0.0120. The van der Waals surface area contributed by atoms with E-state index in [1.165, 1.54) is 5.69 Å². The van der Waals surface area contributed by atoms with Crippen LogP contribution in [0.4, 0.5) is 0 Å². The van der Waals surface area contributed by atoms with Crippen molar-refractivity contribution in [3.63, 3.8) is 0 Å². The van der Waals surface area contributed by atoms with Gasteiger partial charge in [0.1, 0.15) is 18.2 Å². The van der Waals surface area contributed by atoms with E-state index >= 15 is 0 Å². The summed E-state index contributed by atoms with van der Waals surface area (Å²) in [6.07, 6.45) is 2.50. The van der Waals surface area contributed by atoms with Crippen molar-refractivity contribution in [2.24, 2.45) is 7.05 Å². The molecule has 5 nitrogen and oxygen atoms in total. The lowest BCUT2D eigenvalue weighted by atomic mass is 10.1. The number of nitrogens with zero attached hydrogens (tertiary/aromatic N) is 3. The highest BCUT2D eigenvalue weighted by Crippen LogP contribution is 2.26. The van der Waals surface area contributed by atoms with E-state index in [4.69, 9.17) is 9.72 Å². The molecule has 2 aromatic rings. The number of amides is 1. The van der Waals surface area contributed by atoms with Gasteiger partial charge in [0.25, 0.3) is 5.91 Å². The Bertz CT molecular complexity index is 792. The van der Waals surface area contributed by atoms with Gasteiger partial charge in [-0.3, -0.25) is 4.79 Å². The van der Waals surface area contributed by atoms with Gasteiger partial charge in [0.2, 0.25) is 0 Å². The van der Waals surface area contributed by atoms with E-state index in [1.807, 2.05) is 29.2 Å². The molecule has 0 bridgehead atoms. The molecule has 25 heavy (non-hydrogen) atoms. The molecule has 0 aliphatic carbocycles. The zero-order valence-corrected chi connectivity index (χ0v) is 15.2. The highest BCUT2D eigenvalue weighted by Gasteiger charge is 2.28. The van der Waals surface area contributed by atoms with Crippen molar-refractivity contribution < 1.29 is 9.53 Å². The molecule has 0 saturated carbocycles. The predicted octanol–water partition coefficient (Wildman–Crippen LogP) is 3.31. The van der Waals surface area contributed by atoms with Crippen molar-refractivity contribution in [3.05, 3.63) is 59.7 Å². The van der Waals surface area contributed by atoms with Crippen molar-refractivity contribution in [2.75, 3.05) is 13.2 Å². The van der Waals surface area contributed by atoms with Gasteiger partial charge in [0, 0.05) is 31.6 Å². The Kier molecular flexibility index (Phi) is 4.93. The summed E-state index contributed by atoms with van der Waals surface area (Å²) in [5, 5.41) is 0. The van der Waals surface area contributed by atoms with Gasteiger partial charge in [-0.25, -0.2) is 4.98 Å². The smallest absolute Gasteiger partial charge is 0.257 e. The molecule has 2 heterocycles. The van der Waals surface area contributed by atoms with Crippen molar-refractivity contribution in [1.29, 1.82) is 0 Å². The van der Waals surface area contributed by atoms with Gasteiger partial charge in [0.05, 0.1) is 17.8 Å². The SMILES string of the molecule is C=CCOc1ccccc1C(=O)N1CCc2c(nc(C(C)C)n2C)C1. The van der Waals surface area contributed by atoms with Crippen LogP contribution in [0.5, 0.6) is 5.75 Å². The van der Waals surface area contributed by atoms with E-state index in [9.17, 15) is 4.79 Å². The Balaban J connectivity index is 1.84. The quantitative estimate of drug-likeness (QED) is 0.785. The first-order valence-electron chi connectivity index (χ1n) is 8.69. The minimum absolute atomic E-state index is 0.0120. The van der Waals surface area contributed by atoms with Gasteiger partial charge in [-0.05, 0) is 12.1 Å². The number of carbonyl (C=O) groups excluding carboxylic acids is 1. The highest BCUT2D eigenvalue weighted by molar-refractivity contribution is 5.97. The maximum Gasteiger partial charge on any atom is 0.257 e. The van der Waals surface area contributed by atoms with Crippen molar-refractivity contribution in [2.45, 2.75) is 32.7 Å². The van der Waals surface area contributed by atoms with Crippen LogP contribution in [-0.2, 0) is 20.0 Å². The topological polar surface area (TPSA) is 47.4 Å². The first-order chi connectivity index (χ1) is 12.0. The second kappa shape index (κ2) is 7.13. The maximum absolute atomic E-state index is 13.0. The highest BCUT2D eigenvalue weighted by atomic mass is 16.5. The number of imidazole rings is 1. The summed E-state index contributed by atoms with van der Waals surface area (Å²) >= 11 is 0.